The Hall–Kier alpha value is -2.57. The number of hydrogen-bond acceptors (Lipinski definition) is 4. The summed E-state index contributed by atoms with van der Waals surface area (Å²) in [4.78, 5) is 38.1. The van der Waals surface area contributed by atoms with Crippen molar-refractivity contribution in [2.24, 2.45) is 0 Å². The molecule has 7 nitrogen and oxygen atoms in total. The fourth-order valence-electron chi connectivity index (χ4n) is 2.70. The molecule has 0 aliphatic carbocycles. The quantitative estimate of drug-likeness (QED) is 0.802. The minimum absolute atomic E-state index is 0.000429. The van der Waals surface area contributed by atoms with E-state index >= 15 is 0 Å². The van der Waals surface area contributed by atoms with E-state index in [0.29, 0.717) is 38.3 Å². The van der Waals surface area contributed by atoms with Crippen LogP contribution in [0.4, 0.5) is 0 Å². The molecule has 0 radical (unpaired) electrons. The van der Waals surface area contributed by atoms with Gasteiger partial charge in [-0.1, -0.05) is 18.2 Å². The molecule has 1 aliphatic heterocycles. The summed E-state index contributed by atoms with van der Waals surface area (Å²) in [5.74, 6) is -0.342. The maximum absolute atomic E-state index is 12.2. The zero-order valence-electron chi connectivity index (χ0n) is 14.4. The van der Waals surface area contributed by atoms with E-state index in [0.717, 1.165) is 5.56 Å². The summed E-state index contributed by atoms with van der Waals surface area (Å²) in [6, 6.07) is 7.53. The molecule has 0 aromatic heterocycles. The topological polar surface area (TPSA) is 87.2 Å². The van der Waals surface area contributed by atoms with Crippen molar-refractivity contribution in [2.75, 3.05) is 32.8 Å². The number of carboxylic acids is 1. The summed E-state index contributed by atoms with van der Waals surface area (Å²) in [7, 11) is 0. The molecule has 0 unspecified atom stereocenters. The van der Waals surface area contributed by atoms with E-state index < -0.39 is 5.97 Å². The highest BCUT2D eigenvalue weighted by Gasteiger charge is 2.24. The number of benzene rings is 1. The van der Waals surface area contributed by atoms with Gasteiger partial charge >= 0.3 is 5.97 Å². The lowest BCUT2D eigenvalue weighted by Crippen LogP contribution is -2.51. The van der Waals surface area contributed by atoms with Crippen molar-refractivity contribution in [1.82, 2.24) is 9.80 Å². The molecule has 1 aromatic rings. The molecule has 136 valence electrons. The fourth-order valence-corrected chi connectivity index (χ4v) is 2.70. The third-order valence-corrected chi connectivity index (χ3v) is 4.21. The number of piperazine rings is 1. The third-order valence-electron chi connectivity index (χ3n) is 4.21. The first-order valence-electron chi connectivity index (χ1n) is 8.43. The van der Waals surface area contributed by atoms with Gasteiger partial charge in [0.2, 0.25) is 5.91 Å². The van der Waals surface area contributed by atoms with Gasteiger partial charge in [-0.15, -0.1) is 0 Å². The molecular weight excluding hydrogens is 324 g/mol. The van der Waals surface area contributed by atoms with Gasteiger partial charge in [0.15, 0.2) is 6.61 Å². The number of para-hydroxylation sites is 1. The smallest absolute Gasteiger partial charge is 0.303 e. The highest BCUT2D eigenvalue weighted by molar-refractivity contribution is 5.79. The molecule has 1 fully saturated rings. The monoisotopic (exact) mass is 348 g/mol. The fraction of sp³-hybridized carbons (Fsp3) is 0.500. The lowest BCUT2D eigenvalue weighted by molar-refractivity contribution is -0.141. The van der Waals surface area contributed by atoms with E-state index in [1.54, 1.807) is 9.80 Å². The van der Waals surface area contributed by atoms with E-state index in [2.05, 4.69) is 0 Å². The van der Waals surface area contributed by atoms with Crippen LogP contribution in [0.1, 0.15) is 24.8 Å². The van der Waals surface area contributed by atoms with E-state index in [1.165, 1.54) is 0 Å². The van der Waals surface area contributed by atoms with Gasteiger partial charge in [-0.25, -0.2) is 0 Å². The van der Waals surface area contributed by atoms with Crippen molar-refractivity contribution < 1.29 is 24.2 Å². The van der Waals surface area contributed by atoms with Gasteiger partial charge in [0.05, 0.1) is 0 Å². The summed E-state index contributed by atoms with van der Waals surface area (Å²) < 4.78 is 5.57. The van der Waals surface area contributed by atoms with Crippen LogP contribution in [-0.4, -0.2) is 65.5 Å². The first-order valence-corrected chi connectivity index (χ1v) is 8.43. The minimum atomic E-state index is -0.892. The van der Waals surface area contributed by atoms with Crippen LogP contribution in [0.25, 0.3) is 0 Å². The van der Waals surface area contributed by atoms with Crippen LogP contribution in [0.3, 0.4) is 0 Å². The van der Waals surface area contributed by atoms with Gasteiger partial charge in [0, 0.05) is 39.0 Å². The first kappa shape index (κ1) is 18.8. The molecule has 0 bridgehead atoms. The maximum Gasteiger partial charge on any atom is 0.303 e. The molecule has 1 aromatic carbocycles. The van der Waals surface area contributed by atoms with Crippen molar-refractivity contribution >= 4 is 17.8 Å². The average molecular weight is 348 g/mol. The first-order chi connectivity index (χ1) is 12.0. The molecule has 25 heavy (non-hydrogen) atoms. The van der Waals surface area contributed by atoms with Crippen molar-refractivity contribution in [3.8, 4) is 5.75 Å². The van der Waals surface area contributed by atoms with E-state index in [9.17, 15) is 14.4 Å². The Kier molecular flexibility index (Phi) is 6.80. The Balaban J connectivity index is 1.72. The molecule has 1 heterocycles. The SMILES string of the molecule is Cc1ccccc1OCC(=O)N1CCN(C(=O)CCCC(=O)O)CC1. The highest BCUT2D eigenvalue weighted by atomic mass is 16.5. The van der Waals surface area contributed by atoms with Crippen molar-refractivity contribution in [3.63, 3.8) is 0 Å². The molecule has 1 aliphatic rings. The highest BCUT2D eigenvalue weighted by Crippen LogP contribution is 2.16. The number of carboxylic acid groups (broad SMARTS) is 1. The van der Waals surface area contributed by atoms with E-state index in [4.69, 9.17) is 9.84 Å². The Morgan fingerprint density at radius 2 is 1.60 bits per heavy atom. The van der Waals surface area contributed by atoms with Crippen LogP contribution in [0.2, 0.25) is 0 Å². The number of ether oxygens (including phenoxy) is 1. The maximum atomic E-state index is 12.2. The number of nitrogens with zero attached hydrogens (tertiary/aromatic N) is 2. The molecule has 2 amide bonds. The molecule has 2 rings (SSSR count). The zero-order valence-corrected chi connectivity index (χ0v) is 14.4. The van der Waals surface area contributed by atoms with Gasteiger partial charge in [-0.3, -0.25) is 14.4 Å². The molecule has 0 spiro atoms. The Labute approximate surface area is 147 Å². The zero-order chi connectivity index (χ0) is 18.2. The molecule has 1 N–H and O–H groups in total. The van der Waals surface area contributed by atoms with E-state index in [-0.39, 0.29) is 31.3 Å². The van der Waals surface area contributed by atoms with Crippen molar-refractivity contribution in [1.29, 1.82) is 0 Å². The van der Waals surface area contributed by atoms with Crippen molar-refractivity contribution in [3.05, 3.63) is 29.8 Å². The Morgan fingerprint density at radius 3 is 2.20 bits per heavy atom. The van der Waals surface area contributed by atoms with Crippen LogP contribution in [0, 0.1) is 6.92 Å². The Morgan fingerprint density at radius 1 is 1.00 bits per heavy atom. The predicted octanol–water partition coefficient (Wildman–Crippen LogP) is 1.30. The number of carbonyl (C=O) groups excluding carboxylic acids is 2. The second-order valence-electron chi connectivity index (χ2n) is 6.06. The molecular formula is C18H24N2O5. The van der Waals surface area contributed by atoms with Crippen molar-refractivity contribution in [2.45, 2.75) is 26.2 Å². The second-order valence-corrected chi connectivity index (χ2v) is 6.06. The van der Waals surface area contributed by atoms with Gasteiger partial charge in [-0.2, -0.15) is 0 Å². The predicted molar refractivity (Wildman–Crippen MR) is 91.3 cm³/mol. The van der Waals surface area contributed by atoms with Crippen LogP contribution in [0.5, 0.6) is 5.75 Å². The molecule has 7 heteroatoms. The van der Waals surface area contributed by atoms with Gasteiger partial charge in [0.25, 0.3) is 5.91 Å². The molecule has 0 atom stereocenters. The van der Waals surface area contributed by atoms with Gasteiger partial charge < -0.3 is 19.6 Å². The number of aliphatic carboxylic acids is 1. The Bertz CT molecular complexity index is 624. The summed E-state index contributed by atoms with van der Waals surface area (Å²) in [6.07, 6.45) is 0.578. The van der Waals surface area contributed by atoms with Crippen LogP contribution >= 0.6 is 0 Å². The summed E-state index contributed by atoms with van der Waals surface area (Å²) in [5, 5.41) is 8.60. The van der Waals surface area contributed by atoms with Crippen LogP contribution < -0.4 is 4.74 Å². The van der Waals surface area contributed by atoms with Gasteiger partial charge in [-0.05, 0) is 25.0 Å². The number of amides is 2. The number of carbonyl (C=O) groups is 3. The summed E-state index contributed by atoms with van der Waals surface area (Å²) in [5.41, 5.74) is 0.979. The number of aryl methyl sites for hydroxylation is 1. The minimum Gasteiger partial charge on any atom is -0.484 e. The van der Waals surface area contributed by atoms with E-state index in [1.807, 2.05) is 31.2 Å². The van der Waals surface area contributed by atoms with Crippen LogP contribution in [-0.2, 0) is 14.4 Å². The normalized spacial score (nSPS) is 14.3. The molecule has 0 saturated carbocycles. The second kappa shape index (κ2) is 9.05. The molecule has 1 saturated heterocycles. The standard InChI is InChI=1S/C18H24N2O5/c1-14-5-2-3-6-15(14)25-13-17(22)20-11-9-19(10-12-20)16(21)7-4-8-18(23)24/h2-3,5-6H,4,7-13H2,1H3,(H,23,24). The third kappa shape index (κ3) is 5.77. The van der Waals surface area contributed by atoms with Gasteiger partial charge in [0.1, 0.15) is 5.75 Å². The average Bonchev–Trinajstić information content (AvgIpc) is 2.60. The lowest BCUT2D eigenvalue weighted by atomic mass is 10.2. The number of hydrogen-bond donors (Lipinski definition) is 1. The van der Waals surface area contributed by atoms with Crippen LogP contribution in [0.15, 0.2) is 24.3 Å². The summed E-state index contributed by atoms with van der Waals surface area (Å²) >= 11 is 0. The largest absolute Gasteiger partial charge is 0.484 e. The summed E-state index contributed by atoms with van der Waals surface area (Å²) in [6.45, 7) is 3.80. The number of rotatable bonds is 7. The lowest BCUT2D eigenvalue weighted by Gasteiger charge is -2.34.